The summed E-state index contributed by atoms with van der Waals surface area (Å²) in [6.07, 6.45) is 1.61. The topological polar surface area (TPSA) is 192 Å². The molecule has 1 aliphatic rings. The quantitative estimate of drug-likeness (QED) is 0.267. The van der Waals surface area contributed by atoms with Gasteiger partial charge >= 0.3 is 0 Å². The lowest BCUT2D eigenvalue weighted by Crippen LogP contribution is -2.47. The number of ether oxygens (including phenoxy) is 1. The second-order valence-electron chi connectivity index (χ2n) is 7.86. The average molecular weight is 469 g/mol. The van der Waals surface area contributed by atoms with E-state index >= 15 is 0 Å². The fourth-order valence-electron chi connectivity index (χ4n) is 3.46. The SMILES string of the molecule is NCCCC[C@@H]1NC(=O)CNC(=O)c2cc(N)ccc2OCc2ccc(C(N)=O)cc2NC1=O. The summed E-state index contributed by atoms with van der Waals surface area (Å²) in [5.41, 5.74) is 18.3. The largest absolute Gasteiger partial charge is 0.488 e. The second kappa shape index (κ2) is 11.1. The van der Waals surface area contributed by atoms with Gasteiger partial charge in [-0.05, 0) is 56.1 Å². The number of primary amides is 1. The van der Waals surface area contributed by atoms with Gasteiger partial charge in [0.2, 0.25) is 17.7 Å². The van der Waals surface area contributed by atoms with E-state index in [0.29, 0.717) is 42.7 Å². The first-order chi connectivity index (χ1) is 16.3. The van der Waals surface area contributed by atoms with Crippen molar-refractivity contribution in [1.29, 1.82) is 0 Å². The minimum Gasteiger partial charge on any atom is -0.488 e. The van der Waals surface area contributed by atoms with E-state index in [4.69, 9.17) is 21.9 Å². The third-order valence-electron chi connectivity index (χ3n) is 5.29. The van der Waals surface area contributed by atoms with E-state index in [1.165, 1.54) is 18.2 Å². The lowest BCUT2D eigenvalue weighted by molar-refractivity contribution is -0.126. The molecule has 0 saturated heterocycles. The van der Waals surface area contributed by atoms with Gasteiger partial charge in [0.25, 0.3) is 5.91 Å². The Kier molecular flexibility index (Phi) is 8.04. The molecule has 0 bridgehead atoms. The summed E-state index contributed by atoms with van der Waals surface area (Å²) in [4.78, 5) is 50.0. The average Bonchev–Trinajstić information content (AvgIpc) is 2.81. The molecule has 2 aromatic rings. The third kappa shape index (κ3) is 6.23. The van der Waals surface area contributed by atoms with Crippen molar-refractivity contribution in [3.63, 3.8) is 0 Å². The molecule has 11 nitrogen and oxygen atoms in total. The molecule has 1 aliphatic heterocycles. The minimum atomic E-state index is -0.882. The molecular weight excluding hydrogens is 440 g/mol. The highest BCUT2D eigenvalue weighted by Gasteiger charge is 2.23. The van der Waals surface area contributed by atoms with Gasteiger partial charge in [0, 0.05) is 22.5 Å². The van der Waals surface area contributed by atoms with Crippen LogP contribution in [0.1, 0.15) is 45.5 Å². The smallest absolute Gasteiger partial charge is 0.255 e. The number of hydrogen-bond donors (Lipinski definition) is 6. The van der Waals surface area contributed by atoms with Crippen molar-refractivity contribution >= 4 is 35.0 Å². The van der Waals surface area contributed by atoms with Crippen LogP contribution in [0, 0.1) is 0 Å². The predicted octanol–water partition coefficient (Wildman–Crippen LogP) is 0.242. The number of unbranched alkanes of at least 4 members (excludes halogenated alkanes) is 1. The zero-order valence-electron chi connectivity index (χ0n) is 18.6. The van der Waals surface area contributed by atoms with Crippen LogP contribution in [0.5, 0.6) is 5.75 Å². The summed E-state index contributed by atoms with van der Waals surface area (Å²) in [6.45, 7) is 0.0717. The van der Waals surface area contributed by atoms with Gasteiger partial charge in [-0.2, -0.15) is 0 Å². The molecule has 0 spiro atoms. The standard InChI is InChI=1S/C23H28N6O5/c24-8-2-1-3-17-23(33)29-18-9-13(21(26)31)4-5-14(18)12-34-19-7-6-15(25)10-16(19)22(32)27-11-20(30)28-17/h4-7,9-10,17H,1-3,8,11-12,24-25H2,(H2,26,31)(H,27,32)(H,28,30)(H,29,33)/t17-/m0/s1. The van der Waals surface area contributed by atoms with Crippen LogP contribution in [0.2, 0.25) is 0 Å². The summed E-state index contributed by atoms with van der Waals surface area (Å²) >= 11 is 0. The Morgan fingerprint density at radius 1 is 1.09 bits per heavy atom. The second-order valence-corrected chi connectivity index (χ2v) is 7.86. The molecule has 9 N–H and O–H groups in total. The highest BCUT2D eigenvalue weighted by atomic mass is 16.5. The van der Waals surface area contributed by atoms with E-state index in [9.17, 15) is 19.2 Å². The summed E-state index contributed by atoms with van der Waals surface area (Å²) in [5, 5.41) is 7.94. The van der Waals surface area contributed by atoms with Crippen molar-refractivity contribution in [2.24, 2.45) is 11.5 Å². The zero-order valence-corrected chi connectivity index (χ0v) is 18.6. The van der Waals surface area contributed by atoms with Crippen LogP contribution in [0.3, 0.4) is 0 Å². The van der Waals surface area contributed by atoms with Crippen molar-refractivity contribution in [3.8, 4) is 5.75 Å². The Balaban J connectivity index is 2.00. The molecule has 34 heavy (non-hydrogen) atoms. The van der Waals surface area contributed by atoms with E-state index in [1.54, 1.807) is 18.2 Å². The molecule has 1 heterocycles. The number of anilines is 2. The van der Waals surface area contributed by atoms with Crippen LogP contribution in [-0.4, -0.2) is 42.8 Å². The normalized spacial score (nSPS) is 16.6. The Bertz CT molecular complexity index is 1100. The molecule has 0 unspecified atom stereocenters. The van der Waals surface area contributed by atoms with Crippen molar-refractivity contribution in [2.45, 2.75) is 31.9 Å². The van der Waals surface area contributed by atoms with Crippen molar-refractivity contribution in [1.82, 2.24) is 10.6 Å². The van der Waals surface area contributed by atoms with E-state index in [-0.39, 0.29) is 30.0 Å². The lowest BCUT2D eigenvalue weighted by Gasteiger charge is -2.21. The molecule has 0 aliphatic carbocycles. The molecule has 0 aromatic heterocycles. The number of nitrogens with one attached hydrogen (secondary N) is 3. The third-order valence-corrected chi connectivity index (χ3v) is 5.29. The zero-order chi connectivity index (χ0) is 24.7. The van der Waals surface area contributed by atoms with E-state index < -0.39 is 29.7 Å². The lowest BCUT2D eigenvalue weighted by atomic mass is 10.1. The van der Waals surface area contributed by atoms with Crippen LogP contribution in [0.25, 0.3) is 0 Å². The first-order valence-electron chi connectivity index (χ1n) is 10.8. The van der Waals surface area contributed by atoms with Gasteiger partial charge in [-0.25, -0.2) is 0 Å². The van der Waals surface area contributed by atoms with Crippen LogP contribution in [0.4, 0.5) is 11.4 Å². The number of nitrogen functional groups attached to an aromatic ring is 1. The number of nitrogens with two attached hydrogens (primary N) is 3. The highest BCUT2D eigenvalue weighted by Crippen LogP contribution is 2.25. The number of hydrogen-bond acceptors (Lipinski definition) is 7. The maximum absolute atomic E-state index is 13.1. The Morgan fingerprint density at radius 3 is 2.62 bits per heavy atom. The Morgan fingerprint density at radius 2 is 1.88 bits per heavy atom. The molecular formula is C23H28N6O5. The van der Waals surface area contributed by atoms with E-state index in [0.717, 1.165) is 0 Å². The summed E-state index contributed by atoms with van der Waals surface area (Å²) in [6, 6.07) is 8.24. The van der Waals surface area contributed by atoms with E-state index in [1.807, 2.05) is 0 Å². The molecule has 1 atom stereocenters. The molecule has 0 fully saturated rings. The maximum Gasteiger partial charge on any atom is 0.255 e. The highest BCUT2D eigenvalue weighted by molar-refractivity contribution is 6.02. The van der Waals surface area contributed by atoms with Gasteiger partial charge in [-0.15, -0.1) is 0 Å². The van der Waals surface area contributed by atoms with Crippen LogP contribution in [0.15, 0.2) is 36.4 Å². The van der Waals surface area contributed by atoms with Crippen molar-refractivity contribution in [2.75, 3.05) is 24.1 Å². The van der Waals surface area contributed by atoms with Gasteiger partial charge in [0.05, 0.1) is 12.1 Å². The fraction of sp³-hybridized carbons (Fsp3) is 0.304. The fourth-order valence-corrected chi connectivity index (χ4v) is 3.46. The van der Waals surface area contributed by atoms with Gasteiger partial charge in [0.1, 0.15) is 18.4 Å². The number of amides is 4. The van der Waals surface area contributed by atoms with Gasteiger partial charge in [0.15, 0.2) is 0 Å². The number of fused-ring (bicyclic) bond motifs is 2. The van der Waals surface area contributed by atoms with Crippen molar-refractivity contribution in [3.05, 3.63) is 53.1 Å². The predicted molar refractivity (Wildman–Crippen MR) is 126 cm³/mol. The van der Waals surface area contributed by atoms with Crippen LogP contribution >= 0.6 is 0 Å². The van der Waals surface area contributed by atoms with E-state index in [2.05, 4.69) is 16.0 Å². The first-order valence-corrected chi connectivity index (χ1v) is 10.8. The Labute approximate surface area is 196 Å². The molecule has 180 valence electrons. The van der Waals surface area contributed by atoms with Gasteiger partial charge < -0.3 is 37.9 Å². The number of benzene rings is 2. The Hall–Kier alpha value is -4.12. The summed E-state index contributed by atoms with van der Waals surface area (Å²) in [7, 11) is 0. The van der Waals surface area contributed by atoms with Gasteiger partial charge in [-0.1, -0.05) is 6.07 Å². The summed E-state index contributed by atoms with van der Waals surface area (Å²) < 4.78 is 5.85. The van der Waals surface area contributed by atoms with Gasteiger partial charge in [-0.3, -0.25) is 19.2 Å². The first kappa shape index (κ1) is 24.5. The monoisotopic (exact) mass is 468 g/mol. The molecule has 11 heteroatoms. The molecule has 2 aromatic carbocycles. The van der Waals surface area contributed by atoms with Crippen molar-refractivity contribution < 1.29 is 23.9 Å². The molecule has 3 rings (SSSR count). The minimum absolute atomic E-state index is 0.0247. The maximum atomic E-state index is 13.1. The molecule has 0 radical (unpaired) electrons. The molecule has 0 saturated carbocycles. The van der Waals surface area contributed by atoms with Crippen LogP contribution < -0.4 is 37.9 Å². The molecule has 4 amide bonds. The van der Waals surface area contributed by atoms with Crippen LogP contribution in [-0.2, 0) is 16.2 Å². The number of carbonyl (C=O) groups excluding carboxylic acids is 4. The summed E-state index contributed by atoms with van der Waals surface area (Å²) in [5.74, 6) is -2.01. The number of carbonyl (C=O) groups is 4. The number of rotatable bonds is 5.